The summed E-state index contributed by atoms with van der Waals surface area (Å²) in [4.78, 5) is 12.6. The van der Waals surface area contributed by atoms with Gasteiger partial charge in [-0.2, -0.15) is 5.11 Å². The Bertz CT molecular complexity index is 651. The van der Waals surface area contributed by atoms with E-state index in [-0.39, 0.29) is 5.75 Å². The molecule has 0 unspecified atom stereocenters. The van der Waals surface area contributed by atoms with E-state index >= 15 is 0 Å². The highest BCUT2D eigenvalue weighted by Crippen LogP contribution is 2.29. The van der Waals surface area contributed by atoms with E-state index in [1.165, 1.54) is 6.07 Å². The average molecular weight is 285 g/mol. The molecule has 0 aliphatic rings. The lowest BCUT2D eigenvalue weighted by Gasteiger charge is -2.11. The van der Waals surface area contributed by atoms with Gasteiger partial charge in [-0.15, -0.1) is 5.11 Å². The van der Waals surface area contributed by atoms with Crippen LogP contribution >= 0.6 is 0 Å². The molecule has 0 fully saturated rings. The van der Waals surface area contributed by atoms with E-state index in [4.69, 9.17) is 5.11 Å². The Morgan fingerprint density at radius 1 is 1.05 bits per heavy atom. The predicted octanol–water partition coefficient (Wildman–Crippen LogP) is 4.22. The number of nitrogens with zero attached hydrogens (tertiary/aromatic N) is 3. The van der Waals surface area contributed by atoms with Crippen molar-refractivity contribution in [3.05, 3.63) is 48.5 Å². The van der Waals surface area contributed by atoms with Crippen LogP contribution in [-0.2, 0) is 0 Å². The third-order valence-corrected chi connectivity index (χ3v) is 2.70. The molecule has 108 valence electrons. The van der Waals surface area contributed by atoms with Crippen molar-refractivity contribution in [2.45, 2.75) is 0 Å². The van der Waals surface area contributed by atoms with Crippen LogP contribution in [0.3, 0.4) is 0 Å². The fourth-order valence-electron chi connectivity index (χ4n) is 1.65. The second kappa shape index (κ2) is 6.51. The lowest BCUT2D eigenvalue weighted by molar-refractivity contribution is 0.144. The van der Waals surface area contributed by atoms with E-state index in [0.29, 0.717) is 11.4 Å². The first kappa shape index (κ1) is 14.5. The Hall–Kier alpha value is -2.89. The predicted molar refractivity (Wildman–Crippen MR) is 80.0 cm³/mol. The van der Waals surface area contributed by atoms with Crippen LogP contribution in [0.5, 0.6) is 5.75 Å². The van der Waals surface area contributed by atoms with Crippen LogP contribution in [0.1, 0.15) is 0 Å². The summed E-state index contributed by atoms with van der Waals surface area (Å²) < 4.78 is 4.64. The van der Waals surface area contributed by atoms with Gasteiger partial charge in [-0.3, -0.25) is 0 Å². The Labute approximate surface area is 122 Å². The number of azo groups is 1. The standard InChI is InChI=1S/C15H15N3O3/c1-18(2)12-9-7-11(8-10-12)16-17-13-5-3-4-6-14(13)21-15(19)20/h3-10H,1-2H3,(H,19,20). The molecule has 0 aromatic heterocycles. The van der Waals surface area contributed by atoms with Gasteiger partial charge in [0.2, 0.25) is 0 Å². The number of rotatable bonds is 4. The number of hydrogen-bond acceptors (Lipinski definition) is 5. The quantitative estimate of drug-likeness (QED) is 0.518. The zero-order valence-electron chi connectivity index (χ0n) is 11.7. The van der Waals surface area contributed by atoms with Crippen LogP contribution < -0.4 is 9.64 Å². The maximum absolute atomic E-state index is 10.6. The molecule has 2 aromatic rings. The maximum atomic E-state index is 10.6. The van der Waals surface area contributed by atoms with Crippen molar-refractivity contribution in [3.8, 4) is 5.75 Å². The minimum atomic E-state index is -1.38. The Morgan fingerprint density at radius 2 is 1.71 bits per heavy atom. The molecule has 0 amide bonds. The maximum Gasteiger partial charge on any atom is 0.511 e. The molecule has 2 aromatic carbocycles. The first-order valence-corrected chi connectivity index (χ1v) is 6.25. The van der Waals surface area contributed by atoms with E-state index in [1.54, 1.807) is 18.2 Å². The average Bonchev–Trinajstić information content (AvgIpc) is 2.46. The summed E-state index contributed by atoms with van der Waals surface area (Å²) in [6.45, 7) is 0. The van der Waals surface area contributed by atoms with Gasteiger partial charge >= 0.3 is 6.16 Å². The highest BCUT2D eigenvalue weighted by Gasteiger charge is 2.06. The van der Waals surface area contributed by atoms with E-state index in [0.717, 1.165) is 5.69 Å². The molecule has 0 saturated heterocycles. The third-order valence-electron chi connectivity index (χ3n) is 2.70. The number of hydrogen-bond donors (Lipinski definition) is 1. The second-order valence-electron chi connectivity index (χ2n) is 4.45. The van der Waals surface area contributed by atoms with Crippen LogP contribution in [0, 0.1) is 0 Å². The molecule has 2 rings (SSSR count). The largest absolute Gasteiger partial charge is 0.511 e. The van der Waals surface area contributed by atoms with E-state index in [2.05, 4.69) is 15.0 Å². The van der Waals surface area contributed by atoms with Crippen molar-refractivity contribution in [3.63, 3.8) is 0 Å². The van der Waals surface area contributed by atoms with Gasteiger partial charge in [0, 0.05) is 19.8 Å². The summed E-state index contributed by atoms with van der Waals surface area (Å²) in [6, 6.07) is 14.1. The number of anilines is 1. The zero-order valence-corrected chi connectivity index (χ0v) is 11.7. The molecular formula is C15H15N3O3. The lowest BCUT2D eigenvalue weighted by Crippen LogP contribution is -2.07. The van der Waals surface area contributed by atoms with Gasteiger partial charge in [-0.1, -0.05) is 12.1 Å². The van der Waals surface area contributed by atoms with Crippen LogP contribution in [0.4, 0.5) is 21.9 Å². The van der Waals surface area contributed by atoms with Crippen LogP contribution in [0.15, 0.2) is 58.8 Å². The molecule has 6 heteroatoms. The van der Waals surface area contributed by atoms with Crippen molar-refractivity contribution in [1.29, 1.82) is 0 Å². The molecule has 0 aliphatic heterocycles. The molecule has 21 heavy (non-hydrogen) atoms. The summed E-state index contributed by atoms with van der Waals surface area (Å²) in [7, 11) is 3.91. The molecule has 0 bridgehead atoms. The molecule has 0 aliphatic carbocycles. The lowest BCUT2D eigenvalue weighted by atomic mass is 10.3. The number of carbonyl (C=O) groups is 1. The summed E-state index contributed by atoms with van der Waals surface area (Å²) >= 11 is 0. The third kappa shape index (κ3) is 4.04. The van der Waals surface area contributed by atoms with Gasteiger partial charge in [0.25, 0.3) is 0 Å². The summed E-state index contributed by atoms with van der Waals surface area (Å²) in [5, 5.41) is 16.8. The second-order valence-corrected chi connectivity index (χ2v) is 4.45. The van der Waals surface area contributed by atoms with Crippen molar-refractivity contribution in [2.75, 3.05) is 19.0 Å². The summed E-state index contributed by atoms with van der Waals surface area (Å²) in [6.07, 6.45) is -1.38. The molecule has 0 spiro atoms. The molecule has 0 radical (unpaired) electrons. The van der Waals surface area contributed by atoms with Gasteiger partial charge in [-0.05, 0) is 36.4 Å². The monoisotopic (exact) mass is 285 g/mol. The van der Waals surface area contributed by atoms with Crippen LogP contribution in [0.25, 0.3) is 0 Å². The molecule has 1 N–H and O–H groups in total. The zero-order chi connectivity index (χ0) is 15.2. The van der Waals surface area contributed by atoms with E-state index in [9.17, 15) is 4.79 Å². The minimum absolute atomic E-state index is 0.152. The number of benzene rings is 2. The minimum Gasteiger partial charge on any atom is -0.449 e. The SMILES string of the molecule is CN(C)c1ccc(N=Nc2ccccc2OC(=O)O)cc1. The molecule has 0 saturated carbocycles. The van der Waals surface area contributed by atoms with Crippen molar-refractivity contribution in [2.24, 2.45) is 10.2 Å². The fraction of sp³-hybridized carbons (Fsp3) is 0.133. The molecular weight excluding hydrogens is 270 g/mol. The highest BCUT2D eigenvalue weighted by atomic mass is 16.7. The topological polar surface area (TPSA) is 74.5 Å². The van der Waals surface area contributed by atoms with Gasteiger partial charge in [-0.25, -0.2) is 4.79 Å². The summed E-state index contributed by atoms with van der Waals surface area (Å²) in [5.74, 6) is 0.152. The highest BCUT2D eigenvalue weighted by molar-refractivity contribution is 5.65. The first-order chi connectivity index (χ1) is 10.1. The van der Waals surface area contributed by atoms with Gasteiger partial charge in [0.1, 0.15) is 5.69 Å². The van der Waals surface area contributed by atoms with Crippen LogP contribution in [0.2, 0.25) is 0 Å². The van der Waals surface area contributed by atoms with E-state index < -0.39 is 6.16 Å². The summed E-state index contributed by atoms with van der Waals surface area (Å²) in [5.41, 5.74) is 2.09. The van der Waals surface area contributed by atoms with Gasteiger partial charge < -0.3 is 14.7 Å². The number of para-hydroxylation sites is 1. The van der Waals surface area contributed by atoms with Crippen molar-refractivity contribution >= 4 is 23.2 Å². The van der Waals surface area contributed by atoms with Crippen LogP contribution in [-0.4, -0.2) is 25.4 Å². The Balaban J connectivity index is 2.19. The molecule has 6 nitrogen and oxygen atoms in total. The molecule has 0 atom stereocenters. The Kier molecular flexibility index (Phi) is 4.50. The Morgan fingerprint density at radius 3 is 2.33 bits per heavy atom. The first-order valence-electron chi connectivity index (χ1n) is 6.25. The van der Waals surface area contributed by atoms with Gasteiger partial charge in [0.15, 0.2) is 5.75 Å². The number of ether oxygens (including phenoxy) is 1. The number of carboxylic acid groups (broad SMARTS) is 1. The fourth-order valence-corrected chi connectivity index (χ4v) is 1.65. The van der Waals surface area contributed by atoms with E-state index in [1.807, 2.05) is 43.3 Å². The van der Waals surface area contributed by atoms with Crippen molar-refractivity contribution < 1.29 is 14.6 Å². The van der Waals surface area contributed by atoms with Crippen molar-refractivity contribution in [1.82, 2.24) is 0 Å². The smallest absolute Gasteiger partial charge is 0.449 e. The normalized spacial score (nSPS) is 10.6. The molecule has 0 heterocycles. The van der Waals surface area contributed by atoms with Gasteiger partial charge in [0.05, 0.1) is 5.69 Å².